The van der Waals surface area contributed by atoms with Crippen molar-refractivity contribution >= 4 is 17.0 Å². The molecule has 1 aliphatic rings. The molecule has 1 N–H and O–H groups in total. The number of amides is 1. The Bertz CT molecular complexity index is 682. The number of para-hydroxylation sites is 2. The molecule has 2 aromatic rings. The third-order valence-corrected chi connectivity index (χ3v) is 3.80. The van der Waals surface area contributed by atoms with Gasteiger partial charge in [-0.2, -0.15) is 0 Å². The summed E-state index contributed by atoms with van der Waals surface area (Å²) < 4.78 is 11.9. The van der Waals surface area contributed by atoms with E-state index in [0.29, 0.717) is 31.9 Å². The minimum Gasteiger partial charge on any atom is -0.408 e. The maximum absolute atomic E-state index is 12.0. The lowest BCUT2D eigenvalue weighted by atomic mass is 9.99. The zero-order valence-electron chi connectivity index (χ0n) is 11.7. The highest BCUT2D eigenvalue weighted by molar-refractivity contribution is 5.78. The van der Waals surface area contributed by atoms with Crippen LogP contribution in [0.2, 0.25) is 0 Å². The van der Waals surface area contributed by atoms with E-state index in [0.717, 1.165) is 18.4 Å². The molecule has 1 aromatic heterocycles. The second-order valence-electron chi connectivity index (χ2n) is 5.17. The average Bonchev–Trinajstić information content (AvgIpc) is 2.84. The topological polar surface area (TPSA) is 73.5 Å². The minimum absolute atomic E-state index is 0.0246. The number of oxazole rings is 1. The molecular formula is C15H18N2O4. The molecule has 112 valence electrons. The van der Waals surface area contributed by atoms with Gasteiger partial charge in [-0.05, 0) is 25.0 Å². The van der Waals surface area contributed by atoms with Crippen molar-refractivity contribution in [2.24, 2.45) is 5.92 Å². The molecule has 0 aliphatic carbocycles. The zero-order chi connectivity index (χ0) is 14.7. The smallest absolute Gasteiger partial charge is 0.408 e. The standard InChI is InChI=1S/C15H18N2O4/c18-14(11-5-9-20-10-6-11)16-7-8-17-12-3-1-2-4-13(12)21-15(17)19/h1-4,11H,5-10H2,(H,16,18). The number of nitrogens with zero attached hydrogens (tertiary/aromatic N) is 1. The summed E-state index contributed by atoms with van der Waals surface area (Å²) in [5.74, 6) is -0.327. The van der Waals surface area contributed by atoms with E-state index < -0.39 is 5.76 Å². The monoisotopic (exact) mass is 290 g/mol. The molecule has 0 saturated carbocycles. The van der Waals surface area contributed by atoms with Crippen molar-refractivity contribution in [2.75, 3.05) is 19.8 Å². The van der Waals surface area contributed by atoms with Crippen molar-refractivity contribution in [3.05, 3.63) is 34.8 Å². The summed E-state index contributed by atoms with van der Waals surface area (Å²) in [4.78, 5) is 23.8. The van der Waals surface area contributed by atoms with Crippen LogP contribution in [-0.2, 0) is 16.1 Å². The first-order valence-electron chi connectivity index (χ1n) is 7.19. The molecule has 0 unspecified atom stereocenters. The van der Waals surface area contributed by atoms with E-state index in [1.165, 1.54) is 0 Å². The van der Waals surface area contributed by atoms with Crippen LogP contribution in [0.5, 0.6) is 0 Å². The predicted molar refractivity (Wildman–Crippen MR) is 77.0 cm³/mol. The summed E-state index contributed by atoms with van der Waals surface area (Å²) in [5, 5.41) is 2.89. The second-order valence-corrected chi connectivity index (χ2v) is 5.17. The van der Waals surface area contributed by atoms with Gasteiger partial charge >= 0.3 is 5.76 Å². The normalized spacial score (nSPS) is 16.2. The van der Waals surface area contributed by atoms with Crippen molar-refractivity contribution < 1.29 is 13.9 Å². The first-order valence-corrected chi connectivity index (χ1v) is 7.19. The van der Waals surface area contributed by atoms with Gasteiger partial charge in [-0.15, -0.1) is 0 Å². The van der Waals surface area contributed by atoms with Gasteiger partial charge in [0.1, 0.15) is 0 Å². The molecule has 6 heteroatoms. The molecule has 1 aromatic carbocycles. The van der Waals surface area contributed by atoms with Gasteiger partial charge in [0.05, 0.1) is 5.52 Å². The third kappa shape index (κ3) is 3.00. The molecule has 1 amide bonds. The zero-order valence-corrected chi connectivity index (χ0v) is 11.7. The number of hydrogen-bond donors (Lipinski definition) is 1. The highest BCUT2D eigenvalue weighted by atomic mass is 16.5. The number of aromatic nitrogens is 1. The summed E-state index contributed by atoms with van der Waals surface area (Å²) in [5.41, 5.74) is 1.32. The largest absolute Gasteiger partial charge is 0.420 e. The van der Waals surface area contributed by atoms with Crippen LogP contribution in [0.15, 0.2) is 33.5 Å². The number of nitrogens with one attached hydrogen (secondary N) is 1. The SMILES string of the molecule is O=C(NCCn1c(=O)oc2ccccc21)C1CCOCC1. The van der Waals surface area contributed by atoms with Crippen LogP contribution in [0.3, 0.4) is 0 Å². The molecule has 2 heterocycles. The van der Waals surface area contributed by atoms with Gasteiger partial charge in [-0.25, -0.2) is 4.79 Å². The highest BCUT2D eigenvalue weighted by Crippen LogP contribution is 2.14. The Morgan fingerprint density at radius 2 is 2.05 bits per heavy atom. The van der Waals surface area contributed by atoms with E-state index >= 15 is 0 Å². The van der Waals surface area contributed by atoms with Gasteiger partial charge in [0.2, 0.25) is 5.91 Å². The third-order valence-electron chi connectivity index (χ3n) is 3.80. The summed E-state index contributed by atoms with van der Waals surface area (Å²) in [6, 6.07) is 7.27. The number of hydrogen-bond acceptors (Lipinski definition) is 4. The fraction of sp³-hybridized carbons (Fsp3) is 0.467. The number of rotatable bonds is 4. The van der Waals surface area contributed by atoms with Crippen LogP contribution in [0, 0.1) is 5.92 Å². The molecule has 1 fully saturated rings. The Kier molecular flexibility index (Phi) is 4.06. The van der Waals surface area contributed by atoms with Crippen molar-refractivity contribution in [3.63, 3.8) is 0 Å². The lowest BCUT2D eigenvalue weighted by Gasteiger charge is -2.21. The van der Waals surface area contributed by atoms with E-state index in [2.05, 4.69) is 5.32 Å². The number of fused-ring (bicyclic) bond motifs is 1. The van der Waals surface area contributed by atoms with Crippen LogP contribution >= 0.6 is 0 Å². The maximum Gasteiger partial charge on any atom is 0.420 e. The van der Waals surface area contributed by atoms with Crippen molar-refractivity contribution in [2.45, 2.75) is 19.4 Å². The van der Waals surface area contributed by atoms with Crippen molar-refractivity contribution in [3.8, 4) is 0 Å². The van der Waals surface area contributed by atoms with Gasteiger partial charge in [0, 0.05) is 32.2 Å². The molecule has 21 heavy (non-hydrogen) atoms. The van der Waals surface area contributed by atoms with Crippen LogP contribution in [0.25, 0.3) is 11.1 Å². The highest BCUT2D eigenvalue weighted by Gasteiger charge is 2.21. The van der Waals surface area contributed by atoms with Gasteiger partial charge in [-0.1, -0.05) is 12.1 Å². The molecule has 3 rings (SSSR count). The number of benzene rings is 1. The van der Waals surface area contributed by atoms with Gasteiger partial charge in [0.25, 0.3) is 0 Å². The Labute approximate surface area is 121 Å². The van der Waals surface area contributed by atoms with E-state index in [9.17, 15) is 9.59 Å². The van der Waals surface area contributed by atoms with Crippen molar-refractivity contribution in [1.29, 1.82) is 0 Å². The van der Waals surface area contributed by atoms with E-state index in [4.69, 9.17) is 9.15 Å². The number of carbonyl (C=O) groups is 1. The van der Waals surface area contributed by atoms with Crippen LogP contribution < -0.4 is 11.1 Å². The quantitative estimate of drug-likeness (QED) is 0.916. The van der Waals surface area contributed by atoms with Crippen LogP contribution in [0.4, 0.5) is 0 Å². The molecule has 0 spiro atoms. The molecule has 6 nitrogen and oxygen atoms in total. The summed E-state index contributed by atoms with van der Waals surface area (Å²) in [7, 11) is 0. The molecule has 0 radical (unpaired) electrons. The number of ether oxygens (including phenoxy) is 1. The van der Waals surface area contributed by atoms with Crippen LogP contribution in [-0.4, -0.2) is 30.2 Å². The Balaban J connectivity index is 1.60. The van der Waals surface area contributed by atoms with E-state index in [1.54, 1.807) is 10.6 Å². The first-order chi connectivity index (χ1) is 10.3. The molecule has 0 bridgehead atoms. The fourth-order valence-corrected chi connectivity index (χ4v) is 2.62. The van der Waals surface area contributed by atoms with Crippen LogP contribution in [0.1, 0.15) is 12.8 Å². The van der Waals surface area contributed by atoms with E-state index in [1.807, 2.05) is 18.2 Å². The average molecular weight is 290 g/mol. The predicted octanol–water partition coefficient (Wildman–Crippen LogP) is 1.14. The lowest BCUT2D eigenvalue weighted by molar-refractivity contribution is -0.127. The summed E-state index contributed by atoms with van der Waals surface area (Å²) in [6.07, 6.45) is 1.53. The minimum atomic E-state index is -0.392. The van der Waals surface area contributed by atoms with Gasteiger partial charge in [0.15, 0.2) is 5.58 Å². The number of carbonyl (C=O) groups excluding carboxylic acids is 1. The van der Waals surface area contributed by atoms with Gasteiger partial charge < -0.3 is 14.5 Å². The Morgan fingerprint density at radius 3 is 2.86 bits per heavy atom. The molecule has 1 aliphatic heterocycles. The maximum atomic E-state index is 12.0. The summed E-state index contributed by atoms with van der Waals surface area (Å²) in [6.45, 7) is 2.11. The molecular weight excluding hydrogens is 272 g/mol. The molecule has 1 saturated heterocycles. The van der Waals surface area contributed by atoms with E-state index in [-0.39, 0.29) is 11.8 Å². The fourth-order valence-electron chi connectivity index (χ4n) is 2.62. The first kappa shape index (κ1) is 13.9. The lowest BCUT2D eigenvalue weighted by Crippen LogP contribution is -2.36. The summed E-state index contributed by atoms with van der Waals surface area (Å²) >= 11 is 0. The Morgan fingerprint density at radius 1 is 1.29 bits per heavy atom. The second kappa shape index (κ2) is 6.13. The molecule has 0 atom stereocenters. The Hall–Kier alpha value is -2.08. The van der Waals surface area contributed by atoms with Gasteiger partial charge in [-0.3, -0.25) is 9.36 Å². The van der Waals surface area contributed by atoms with Crippen molar-refractivity contribution in [1.82, 2.24) is 9.88 Å².